The highest BCUT2D eigenvalue weighted by atomic mass is 35.5. The molecule has 7 heteroatoms. The summed E-state index contributed by atoms with van der Waals surface area (Å²) in [4.78, 5) is 30.3. The third-order valence-corrected chi connectivity index (χ3v) is 4.83. The van der Waals surface area contributed by atoms with Gasteiger partial charge in [0.2, 0.25) is 11.8 Å². The molecule has 2 amide bonds. The molecule has 2 aromatic rings. The van der Waals surface area contributed by atoms with Gasteiger partial charge in [0.25, 0.3) is 0 Å². The Kier molecular flexibility index (Phi) is 4.93. The van der Waals surface area contributed by atoms with Gasteiger partial charge in [-0.25, -0.2) is 4.98 Å². The summed E-state index contributed by atoms with van der Waals surface area (Å²) in [6.45, 7) is 0.821. The van der Waals surface area contributed by atoms with Crippen LogP contribution in [0.4, 0.5) is 0 Å². The maximum absolute atomic E-state index is 12.4. The van der Waals surface area contributed by atoms with Crippen molar-refractivity contribution in [3.8, 4) is 0 Å². The average Bonchev–Trinajstić information content (AvgIpc) is 3.18. The summed E-state index contributed by atoms with van der Waals surface area (Å²) in [5.74, 6) is -0.116. The van der Waals surface area contributed by atoms with Crippen molar-refractivity contribution in [2.45, 2.75) is 32.0 Å². The summed E-state index contributed by atoms with van der Waals surface area (Å²) in [6, 6.07) is 6.90. The molecule has 1 saturated heterocycles. The molecule has 120 valence electrons. The summed E-state index contributed by atoms with van der Waals surface area (Å²) in [5, 5.41) is 6.24. The lowest BCUT2D eigenvalue weighted by atomic mass is 10.1. The Balaban J connectivity index is 1.64. The first-order valence-electron chi connectivity index (χ1n) is 7.33. The highest BCUT2D eigenvalue weighted by Crippen LogP contribution is 2.22. The first-order chi connectivity index (χ1) is 11.1. The molecular weight excluding hydrogens is 334 g/mol. The second-order valence-corrected chi connectivity index (χ2v) is 6.76. The van der Waals surface area contributed by atoms with Gasteiger partial charge in [0.05, 0.1) is 6.54 Å². The van der Waals surface area contributed by atoms with Gasteiger partial charge in [-0.05, 0) is 24.1 Å². The normalized spacial score (nSPS) is 17.5. The summed E-state index contributed by atoms with van der Waals surface area (Å²) in [6.07, 6.45) is 2.66. The monoisotopic (exact) mass is 349 g/mol. The summed E-state index contributed by atoms with van der Waals surface area (Å²) in [7, 11) is 0. The van der Waals surface area contributed by atoms with Gasteiger partial charge in [-0.3, -0.25) is 9.59 Å². The molecule has 0 aliphatic carbocycles. The van der Waals surface area contributed by atoms with Crippen LogP contribution in [0.25, 0.3) is 0 Å². The third kappa shape index (κ3) is 3.89. The minimum atomic E-state index is -0.418. The Labute approximate surface area is 143 Å². The lowest BCUT2D eigenvalue weighted by Crippen LogP contribution is -2.44. The Bertz CT molecular complexity index is 688. The number of hydrogen-bond donors (Lipinski definition) is 1. The van der Waals surface area contributed by atoms with Gasteiger partial charge in [-0.2, -0.15) is 0 Å². The van der Waals surface area contributed by atoms with E-state index < -0.39 is 6.04 Å². The van der Waals surface area contributed by atoms with E-state index in [9.17, 15) is 9.59 Å². The molecule has 1 aliphatic heterocycles. The molecule has 0 radical (unpaired) electrons. The predicted molar refractivity (Wildman–Crippen MR) is 89.0 cm³/mol. The zero-order chi connectivity index (χ0) is 16.2. The van der Waals surface area contributed by atoms with Crippen LogP contribution in [0, 0.1) is 0 Å². The third-order valence-electron chi connectivity index (χ3n) is 3.79. The molecule has 1 fully saturated rings. The van der Waals surface area contributed by atoms with E-state index in [-0.39, 0.29) is 11.8 Å². The van der Waals surface area contributed by atoms with Crippen LogP contribution in [0.15, 0.2) is 35.8 Å². The van der Waals surface area contributed by atoms with E-state index in [1.807, 2.05) is 17.5 Å². The van der Waals surface area contributed by atoms with Crippen molar-refractivity contribution < 1.29 is 9.59 Å². The summed E-state index contributed by atoms with van der Waals surface area (Å²) in [5.41, 5.74) is 0.961. The molecular formula is C16H16ClN3O2S. The molecule has 1 aliphatic rings. The smallest absolute Gasteiger partial charge is 0.243 e. The van der Waals surface area contributed by atoms with Crippen LogP contribution in [0.3, 0.4) is 0 Å². The molecule has 1 aromatic carbocycles. The van der Waals surface area contributed by atoms with Crippen molar-refractivity contribution in [2.75, 3.05) is 0 Å². The number of likely N-dealkylation sites (tertiary alicyclic amines) is 1. The van der Waals surface area contributed by atoms with Crippen LogP contribution < -0.4 is 5.32 Å². The van der Waals surface area contributed by atoms with Crippen LogP contribution >= 0.6 is 22.9 Å². The largest absolute Gasteiger partial charge is 0.348 e. The SMILES string of the molecule is O=C(NCc1nccs1)C1CCC(=O)N1Cc1ccc(Cl)cc1. The molecule has 2 heterocycles. The van der Waals surface area contributed by atoms with Crippen molar-refractivity contribution in [1.82, 2.24) is 15.2 Å². The van der Waals surface area contributed by atoms with Crippen molar-refractivity contribution in [3.05, 3.63) is 51.4 Å². The second kappa shape index (κ2) is 7.10. The number of nitrogens with one attached hydrogen (secondary N) is 1. The molecule has 23 heavy (non-hydrogen) atoms. The van der Waals surface area contributed by atoms with Crippen LogP contribution in [-0.4, -0.2) is 27.7 Å². The van der Waals surface area contributed by atoms with Crippen LogP contribution in [0.5, 0.6) is 0 Å². The number of halogens is 1. The second-order valence-electron chi connectivity index (χ2n) is 5.35. The Hall–Kier alpha value is -1.92. The van der Waals surface area contributed by atoms with Gasteiger partial charge >= 0.3 is 0 Å². The topological polar surface area (TPSA) is 62.3 Å². The maximum Gasteiger partial charge on any atom is 0.243 e. The fraction of sp³-hybridized carbons (Fsp3) is 0.312. The maximum atomic E-state index is 12.4. The molecule has 3 rings (SSSR count). The number of rotatable bonds is 5. The van der Waals surface area contributed by atoms with Crippen molar-refractivity contribution >= 4 is 34.8 Å². The Morgan fingerprint density at radius 2 is 2.17 bits per heavy atom. The number of aromatic nitrogens is 1. The van der Waals surface area contributed by atoms with E-state index in [2.05, 4.69) is 10.3 Å². The first-order valence-corrected chi connectivity index (χ1v) is 8.59. The van der Waals surface area contributed by atoms with E-state index >= 15 is 0 Å². The molecule has 1 atom stereocenters. The van der Waals surface area contributed by atoms with Crippen LogP contribution in [0.1, 0.15) is 23.4 Å². The highest BCUT2D eigenvalue weighted by molar-refractivity contribution is 7.09. The molecule has 0 saturated carbocycles. The van der Waals surface area contributed by atoms with Crippen molar-refractivity contribution in [3.63, 3.8) is 0 Å². The summed E-state index contributed by atoms with van der Waals surface area (Å²) < 4.78 is 0. The zero-order valence-corrected chi connectivity index (χ0v) is 13.9. The molecule has 1 unspecified atom stereocenters. The minimum absolute atomic E-state index is 0.00866. The van der Waals surface area contributed by atoms with Crippen molar-refractivity contribution in [2.24, 2.45) is 0 Å². The lowest BCUT2D eigenvalue weighted by Gasteiger charge is -2.24. The number of amides is 2. The number of thiazole rings is 1. The minimum Gasteiger partial charge on any atom is -0.348 e. The lowest BCUT2D eigenvalue weighted by molar-refractivity contribution is -0.135. The number of hydrogen-bond acceptors (Lipinski definition) is 4. The van der Waals surface area contributed by atoms with Gasteiger partial charge in [-0.1, -0.05) is 23.7 Å². The standard InChI is InChI=1S/C16H16ClN3O2S/c17-12-3-1-11(2-4-12)10-20-13(5-6-15(20)21)16(22)19-9-14-18-7-8-23-14/h1-4,7-8,13H,5-6,9-10H2,(H,19,22). The molecule has 5 nitrogen and oxygen atoms in total. The summed E-state index contributed by atoms with van der Waals surface area (Å²) >= 11 is 7.37. The Morgan fingerprint density at radius 3 is 2.87 bits per heavy atom. The fourth-order valence-electron chi connectivity index (χ4n) is 2.61. The number of carbonyl (C=O) groups excluding carboxylic acids is 2. The van der Waals surface area contributed by atoms with Crippen LogP contribution in [-0.2, 0) is 22.7 Å². The molecule has 0 bridgehead atoms. The van der Waals surface area contributed by atoms with E-state index in [1.165, 1.54) is 11.3 Å². The van der Waals surface area contributed by atoms with Gasteiger partial charge < -0.3 is 10.2 Å². The van der Waals surface area contributed by atoms with Gasteiger partial charge in [0, 0.05) is 29.6 Å². The first kappa shape index (κ1) is 16.0. The number of benzene rings is 1. The van der Waals surface area contributed by atoms with Gasteiger partial charge in [0.1, 0.15) is 11.0 Å². The van der Waals surface area contributed by atoms with E-state index in [0.717, 1.165) is 10.6 Å². The van der Waals surface area contributed by atoms with E-state index in [4.69, 9.17) is 11.6 Å². The van der Waals surface area contributed by atoms with Crippen LogP contribution in [0.2, 0.25) is 5.02 Å². The van der Waals surface area contributed by atoms with E-state index in [0.29, 0.717) is 31.0 Å². The molecule has 0 spiro atoms. The Morgan fingerprint density at radius 1 is 1.39 bits per heavy atom. The highest BCUT2D eigenvalue weighted by Gasteiger charge is 2.35. The molecule has 1 N–H and O–H groups in total. The zero-order valence-electron chi connectivity index (χ0n) is 12.4. The van der Waals surface area contributed by atoms with Crippen molar-refractivity contribution in [1.29, 1.82) is 0 Å². The number of nitrogens with zero attached hydrogens (tertiary/aromatic N) is 2. The fourth-order valence-corrected chi connectivity index (χ4v) is 3.29. The van der Waals surface area contributed by atoms with Gasteiger partial charge in [0.15, 0.2) is 0 Å². The molecule has 1 aromatic heterocycles. The quantitative estimate of drug-likeness (QED) is 0.902. The average molecular weight is 350 g/mol. The number of carbonyl (C=O) groups is 2. The predicted octanol–water partition coefficient (Wildman–Crippen LogP) is 2.60. The van der Waals surface area contributed by atoms with Gasteiger partial charge in [-0.15, -0.1) is 11.3 Å². The van der Waals surface area contributed by atoms with E-state index in [1.54, 1.807) is 23.2 Å².